The van der Waals surface area contributed by atoms with Gasteiger partial charge in [-0.3, -0.25) is 4.79 Å². The topological polar surface area (TPSA) is 92.7 Å². The second-order valence-electron chi connectivity index (χ2n) is 4.61. The summed E-state index contributed by atoms with van der Waals surface area (Å²) in [6, 6.07) is 3.92. The van der Waals surface area contributed by atoms with Gasteiger partial charge in [0, 0.05) is 6.54 Å². The van der Waals surface area contributed by atoms with Gasteiger partial charge in [0.25, 0.3) is 0 Å². The molecule has 0 aromatic heterocycles. The number of aliphatic hydroxyl groups excluding tert-OH is 1. The van der Waals surface area contributed by atoms with Crippen LogP contribution < -0.4 is 9.50 Å². The lowest BCUT2D eigenvalue weighted by Gasteiger charge is -2.14. The third-order valence-electron chi connectivity index (χ3n) is 2.69. The average molecular weight is 395 g/mol. The summed E-state index contributed by atoms with van der Waals surface area (Å²) >= 11 is 0. The number of carbonyl (C=O) groups is 1. The number of halogens is 6. The highest BCUT2D eigenvalue weighted by Crippen LogP contribution is 2.28. The highest BCUT2D eigenvalue weighted by atomic mass is 32.2. The number of nitrogens with one attached hydrogen (secondary N) is 1. The van der Waals surface area contributed by atoms with Crippen molar-refractivity contribution < 1.29 is 48.8 Å². The fourth-order valence-electron chi connectivity index (χ4n) is 1.54. The van der Waals surface area contributed by atoms with Crippen LogP contribution in [0, 0.1) is 0 Å². The molecule has 0 bridgehead atoms. The van der Waals surface area contributed by atoms with Crippen LogP contribution in [0.2, 0.25) is 0 Å². The summed E-state index contributed by atoms with van der Waals surface area (Å²) in [6.07, 6.45) is -6.98. The summed E-state index contributed by atoms with van der Waals surface area (Å²) in [7, 11) is -5.90. The Balaban J connectivity index is 2.73. The molecule has 1 amide bonds. The summed E-state index contributed by atoms with van der Waals surface area (Å²) in [6.45, 7) is -0.578. The molecule has 0 aliphatic carbocycles. The second-order valence-corrected chi connectivity index (χ2v) is 6.15. The van der Waals surface area contributed by atoms with Crippen molar-refractivity contribution in [1.29, 1.82) is 0 Å². The van der Waals surface area contributed by atoms with Crippen LogP contribution in [0.15, 0.2) is 24.3 Å². The first kappa shape index (κ1) is 21.0. The number of rotatable bonds is 6. The van der Waals surface area contributed by atoms with Gasteiger partial charge in [-0.2, -0.15) is 34.8 Å². The van der Waals surface area contributed by atoms with Gasteiger partial charge in [0.05, 0.1) is 6.10 Å². The van der Waals surface area contributed by atoms with E-state index in [9.17, 15) is 44.7 Å². The first-order chi connectivity index (χ1) is 11.2. The van der Waals surface area contributed by atoms with Gasteiger partial charge >= 0.3 is 27.7 Å². The van der Waals surface area contributed by atoms with Crippen LogP contribution in [0.1, 0.15) is 18.1 Å². The quantitative estimate of drug-likeness (QED) is 0.437. The molecule has 0 saturated heterocycles. The van der Waals surface area contributed by atoms with E-state index in [1.807, 2.05) is 0 Å². The molecule has 25 heavy (non-hydrogen) atoms. The van der Waals surface area contributed by atoms with Gasteiger partial charge in [0.15, 0.2) is 0 Å². The molecule has 13 heteroatoms. The minimum atomic E-state index is -5.90. The third kappa shape index (κ3) is 6.08. The van der Waals surface area contributed by atoms with Crippen molar-refractivity contribution in [1.82, 2.24) is 5.32 Å². The Labute approximate surface area is 137 Å². The average Bonchev–Trinajstić information content (AvgIpc) is 2.44. The van der Waals surface area contributed by atoms with Crippen LogP contribution in [0.3, 0.4) is 0 Å². The van der Waals surface area contributed by atoms with Crippen molar-refractivity contribution >= 4 is 16.0 Å². The predicted octanol–water partition coefficient (Wildman–Crippen LogP) is 2.02. The molecule has 6 nitrogen and oxygen atoms in total. The lowest BCUT2D eigenvalue weighted by molar-refractivity contribution is -0.173. The molecule has 2 N–H and O–H groups in total. The number of alkyl halides is 6. The van der Waals surface area contributed by atoms with Crippen molar-refractivity contribution in [3.05, 3.63) is 29.8 Å². The van der Waals surface area contributed by atoms with E-state index in [2.05, 4.69) is 4.18 Å². The monoisotopic (exact) mass is 395 g/mol. The standard InChI is InChI=1S/C12H11F6NO5S/c13-11(14,15)10(21)19-5-4-9(20)7-2-1-3-8(6-7)24-25(22,23)12(16,17)18/h1-3,6,9,20H,4-5H2,(H,19,21)/t9-/m1/s1. The van der Waals surface area contributed by atoms with Crippen LogP contribution in [-0.4, -0.2) is 37.7 Å². The number of benzene rings is 1. The number of hydrogen-bond acceptors (Lipinski definition) is 5. The van der Waals surface area contributed by atoms with E-state index >= 15 is 0 Å². The molecule has 142 valence electrons. The first-order valence-corrected chi connectivity index (χ1v) is 7.78. The Kier molecular flexibility index (Phi) is 6.28. The summed E-state index contributed by atoms with van der Waals surface area (Å²) in [5.41, 5.74) is -5.76. The molecular formula is C12H11F6NO5S. The van der Waals surface area contributed by atoms with Gasteiger partial charge in [-0.1, -0.05) is 12.1 Å². The van der Waals surface area contributed by atoms with Gasteiger partial charge < -0.3 is 14.6 Å². The zero-order valence-electron chi connectivity index (χ0n) is 12.1. The zero-order valence-corrected chi connectivity index (χ0v) is 12.9. The molecule has 0 unspecified atom stereocenters. The van der Waals surface area contributed by atoms with Crippen molar-refractivity contribution in [3.63, 3.8) is 0 Å². The van der Waals surface area contributed by atoms with Gasteiger partial charge in [-0.15, -0.1) is 0 Å². The van der Waals surface area contributed by atoms with Gasteiger partial charge in [-0.25, -0.2) is 0 Å². The molecule has 0 aliphatic heterocycles. The van der Waals surface area contributed by atoms with E-state index in [1.165, 1.54) is 11.4 Å². The fourth-order valence-corrected chi connectivity index (χ4v) is 1.99. The lowest BCUT2D eigenvalue weighted by Crippen LogP contribution is -2.37. The van der Waals surface area contributed by atoms with Gasteiger partial charge in [0.1, 0.15) is 5.75 Å². The third-order valence-corrected chi connectivity index (χ3v) is 3.67. The predicted molar refractivity (Wildman–Crippen MR) is 70.7 cm³/mol. The Bertz CT molecular complexity index is 715. The highest BCUT2D eigenvalue weighted by molar-refractivity contribution is 7.88. The van der Waals surface area contributed by atoms with Crippen molar-refractivity contribution in [2.45, 2.75) is 24.2 Å². The van der Waals surface area contributed by atoms with Crippen LogP contribution in [0.25, 0.3) is 0 Å². The SMILES string of the molecule is O=C(NCC[C@@H](O)c1cccc(OS(=O)(=O)C(F)(F)F)c1)C(F)(F)F. The summed E-state index contributed by atoms with van der Waals surface area (Å²) in [5.74, 6) is -2.96. The van der Waals surface area contributed by atoms with E-state index in [4.69, 9.17) is 0 Å². The Morgan fingerprint density at radius 2 is 1.80 bits per heavy atom. The zero-order chi connectivity index (χ0) is 19.5. The molecule has 1 aromatic rings. The van der Waals surface area contributed by atoms with Crippen molar-refractivity contribution in [3.8, 4) is 5.75 Å². The molecular weight excluding hydrogens is 384 g/mol. The largest absolute Gasteiger partial charge is 0.534 e. The molecule has 0 radical (unpaired) electrons. The van der Waals surface area contributed by atoms with Gasteiger partial charge in [0.2, 0.25) is 0 Å². The normalized spacial score (nSPS) is 14.0. The number of amides is 1. The molecule has 0 saturated carbocycles. The molecule has 1 atom stereocenters. The number of carbonyl (C=O) groups excluding carboxylic acids is 1. The maximum Gasteiger partial charge on any atom is 0.534 e. The van der Waals surface area contributed by atoms with Crippen LogP contribution in [0.4, 0.5) is 26.3 Å². The second kappa shape index (κ2) is 7.47. The molecule has 0 fully saturated rings. The summed E-state index contributed by atoms with van der Waals surface area (Å²) in [4.78, 5) is 10.6. The molecule has 0 aliphatic rings. The smallest absolute Gasteiger partial charge is 0.388 e. The van der Waals surface area contributed by atoms with Crippen LogP contribution in [0.5, 0.6) is 5.75 Å². The van der Waals surface area contributed by atoms with E-state index in [1.54, 1.807) is 0 Å². The summed E-state index contributed by atoms with van der Waals surface area (Å²) < 4.78 is 98.2. The van der Waals surface area contributed by atoms with E-state index in [-0.39, 0.29) is 5.56 Å². The first-order valence-electron chi connectivity index (χ1n) is 6.38. The number of aliphatic hydroxyl groups is 1. The van der Waals surface area contributed by atoms with Gasteiger partial charge in [-0.05, 0) is 24.1 Å². The lowest BCUT2D eigenvalue weighted by atomic mass is 10.1. The Morgan fingerprint density at radius 3 is 2.32 bits per heavy atom. The minimum absolute atomic E-state index is 0.115. The van der Waals surface area contributed by atoms with E-state index < -0.39 is 52.5 Å². The minimum Gasteiger partial charge on any atom is -0.388 e. The fraction of sp³-hybridized carbons (Fsp3) is 0.417. The Morgan fingerprint density at radius 1 is 1.20 bits per heavy atom. The van der Waals surface area contributed by atoms with Crippen molar-refractivity contribution in [2.24, 2.45) is 0 Å². The number of hydrogen-bond donors (Lipinski definition) is 2. The van der Waals surface area contributed by atoms with Crippen molar-refractivity contribution in [2.75, 3.05) is 6.54 Å². The van der Waals surface area contributed by atoms with E-state index in [0.717, 1.165) is 18.2 Å². The summed E-state index contributed by atoms with van der Waals surface area (Å²) in [5, 5.41) is 11.3. The maximum atomic E-state index is 12.2. The van der Waals surface area contributed by atoms with Crippen LogP contribution >= 0.6 is 0 Å². The molecule has 1 aromatic carbocycles. The van der Waals surface area contributed by atoms with E-state index in [0.29, 0.717) is 0 Å². The Hall–Kier alpha value is -2.02. The maximum absolute atomic E-state index is 12.2. The molecule has 1 rings (SSSR count). The molecule has 0 heterocycles. The van der Waals surface area contributed by atoms with Crippen LogP contribution in [-0.2, 0) is 14.9 Å². The highest BCUT2D eigenvalue weighted by Gasteiger charge is 2.48. The molecule has 0 spiro atoms.